The first-order valence-corrected chi connectivity index (χ1v) is 9.40. The molecule has 1 unspecified atom stereocenters. The zero-order chi connectivity index (χ0) is 17.3. The van der Waals surface area contributed by atoms with E-state index in [0.29, 0.717) is 12.0 Å². The second-order valence-electron chi connectivity index (χ2n) is 6.74. The zero-order valence-corrected chi connectivity index (χ0v) is 16.0. The second kappa shape index (κ2) is 7.11. The molecule has 0 bridgehead atoms. The molecule has 2 aromatic heterocycles. The van der Waals surface area contributed by atoms with Gasteiger partial charge in [0.05, 0.1) is 6.04 Å². The molecule has 24 heavy (non-hydrogen) atoms. The molecule has 3 heterocycles. The van der Waals surface area contributed by atoms with Crippen LogP contribution in [0.25, 0.3) is 0 Å². The average molecular weight is 347 g/mol. The van der Waals surface area contributed by atoms with E-state index in [1.165, 1.54) is 0 Å². The zero-order valence-electron chi connectivity index (χ0n) is 15.2. The van der Waals surface area contributed by atoms with E-state index in [4.69, 9.17) is 4.98 Å². The summed E-state index contributed by atoms with van der Waals surface area (Å²) < 4.78 is 0. The fraction of sp³-hybridized carbons (Fsp3) is 0.647. The van der Waals surface area contributed by atoms with Crippen LogP contribution in [-0.2, 0) is 0 Å². The highest BCUT2D eigenvalue weighted by Gasteiger charge is 2.25. The van der Waals surface area contributed by atoms with Crippen LogP contribution in [-0.4, -0.2) is 51.2 Å². The molecule has 0 aromatic carbocycles. The lowest BCUT2D eigenvalue weighted by Crippen LogP contribution is -2.47. The van der Waals surface area contributed by atoms with E-state index in [0.717, 1.165) is 53.5 Å². The van der Waals surface area contributed by atoms with Crippen molar-refractivity contribution in [2.45, 2.75) is 46.6 Å². The van der Waals surface area contributed by atoms with Crippen LogP contribution in [0.5, 0.6) is 0 Å². The second-order valence-corrected chi connectivity index (χ2v) is 7.95. The van der Waals surface area contributed by atoms with Gasteiger partial charge in [-0.05, 0) is 20.8 Å². The van der Waals surface area contributed by atoms with Crippen LogP contribution in [0, 0.1) is 13.8 Å². The first-order valence-electron chi connectivity index (χ1n) is 8.58. The Kier molecular flexibility index (Phi) is 5.10. The lowest BCUT2D eigenvalue weighted by molar-refractivity contribution is 0.197. The molecule has 0 N–H and O–H groups in total. The van der Waals surface area contributed by atoms with Crippen molar-refractivity contribution < 1.29 is 0 Å². The van der Waals surface area contributed by atoms with Gasteiger partial charge in [-0.3, -0.25) is 4.90 Å². The summed E-state index contributed by atoms with van der Waals surface area (Å²) in [5.74, 6) is 2.35. The largest absolute Gasteiger partial charge is 0.354 e. The summed E-state index contributed by atoms with van der Waals surface area (Å²) in [6, 6.07) is 2.43. The van der Waals surface area contributed by atoms with E-state index in [9.17, 15) is 0 Å². The first kappa shape index (κ1) is 17.2. The average Bonchev–Trinajstić information content (AvgIpc) is 3.00. The van der Waals surface area contributed by atoms with Crippen molar-refractivity contribution in [2.75, 3.05) is 31.1 Å². The third-order valence-corrected chi connectivity index (χ3v) is 5.47. The minimum Gasteiger partial charge on any atom is -0.354 e. The number of piperazine rings is 1. The van der Waals surface area contributed by atoms with Gasteiger partial charge < -0.3 is 4.90 Å². The van der Waals surface area contributed by atoms with E-state index in [1.54, 1.807) is 11.3 Å². The molecule has 1 fully saturated rings. The van der Waals surface area contributed by atoms with Crippen LogP contribution in [0.15, 0.2) is 6.07 Å². The van der Waals surface area contributed by atoms with Gasteiger partial charge in [0.25, 0.3) is 0 Å². The predicted octanol–water partition coefficient (Wildman–Crippen LogP) is 2.95. The van der Waals surface area contributed by atoms with E-state index < -0.39 is 0 Å². The summed E-state index contributed by atoms with van der Waals surface area (Å²) >= 11 is 1.70. The number of anilines is 1. The highest BCUT2D eigenvalue weighted by Crippen LogP contribution is 2.26. The molecule has 2 aromatic rings. The minimum atomic E-state index is 0.330. The van der Waals surface area contributed by atoms with E-state index in [1.807, 2.05) is 13.8 Å². The highest BCUT2D eigenvalue weighted by molar-refractivity contribution is 7.11. The highest BCUT2D eigenvalue weighted by atomic mass is 32.1. The smallest absolute Gasteiger partial charge is 0.134 e. The van der Waals surface area contributed by atoms with Crippen LogP contribution in [0.3, 0.4) is 0 Å². The molecule has 0 saturated carbocycles. The number of hydrogen-bond acceptors (Lipinski definition) is 7. The van der Waals surface area contributed by atoms with E-state index >= 15 is 0 Å². The summed E-state index contributed by atoms with van der Waals surface area (Å²) in [6.07, 6.45) is 0. The van der Waals surface area contributed by atoms with E-state index in [2.05, 4.69) is 51.8 Å². The fourth-order valence-electron chi connectivity index (χ4n) is 2.97. The topological polar surface area (TPSA) is 58.0 Å². The minimum absolute atomic E-state index is 0.330. The van der Waals surface area contributed by atoms with Crippen LogP contribution < -0.4 is 4.90 Å². The molecule has 1 saturated heterocycles. The molecular weight excluding hydrogens is 320 g/mol. The van der Waals surface area contributed by atoms with E-state index in [-0.39, 0.29) is 0 Å². The van der Waals surface area contributed by atoms with Crippen molar-refractivity contribution >= 4 is 17.2 Å². The van der Waals surface area contributed by atoms with Gasteiger partial charge in [-0.1, -0.05) is 13.8 Å². The quantitative estimate of drug-likeness (QED) is 0.848. The predicted molar refractivity (Wildman–Crippen MR) is 97.7 cm³/mol. The molecule has 3 rings (SSSR count). The molecule has 7 heteroatoms. The Labute approximate surface area is 148 Å². The number of aromatic nitrogens is 4. The van der Waals surface area contributed by atoms with Crippen molar-refractivity contribution in [3.63, 3.8) is 0 Å². The molecule has 0 spiro atoms. The van der Waals surface area contributed by atoms with Gasteiger partial charge in [-0.2, -0.15) is 0 Å². The lowest BCUT2D eigenvalue weighted by Gasteiger charge is -2.38. The molecular formula is C17H26N6S. The Morgan fingerprint density at radius 1 is 1.00 bits per heavy atom. The molecule has 6 nitrogen and oxygen atoms in total. The number of rotatable bonds is 4. The van der Waals surface area contributed by atoms with Gasteiger partial charge in [0.1, 0.15) is 21.7 Å². The van der Waals surface area contributed by atoms with Gasteiger partial charge in [0, 0.05) is 43.9 Å². The van der Waals surface area contributed by atoms with Crippen LogP contribution >= 0.6 is 11.3 Å². The van der Waals surface area contributed by atoms with Gasteiger partial charge in [-0.15, -0.1) is 21.5 Å². The van der Waals surface area contributed by atoms with Crippen molar-refractivity contribution in [1.29, 1.82) is 0 Å². The van der Waals surface area contributed by atoms with Crippen molar-refractivity contribution in [1.82, 2.24) is 25.1 Å². The van der Waals surface area contributed by atoms with Crippen molar-refractivity contribution in [2.24, 2.45) is 0 Å². The molecule has 1 aliphatic rings. The van der Waals surface area contributed by atoms with Crippen molar-refractivity contribution in [3.8, 4) is 0 Å². The molecule has 1 aliphatic heterocycles. The third kappa shape index (κ3) is 3.72. The van der Waals surface area contributed by atoms with Gasteiger partial charge in [0.2, 0.25) is 0 Å². The lowest BCUT2D eigenvalue weighted by atomic mass is 10.2. The maximum Gasteiger partial charge on any atom is 0.134 e. The molecule has 0 radical (unpaired) electrons. The Bertz CT molecular complexity index is 690. The third-order valence-electron chi connectivity index (χ3n) is 4.46. The SMILES string of the molecule is Cc1cc(N2CCN(C(C)c3nnc(C)s3)CC2)nc(C(C)C)n1. The summed E-state index contributed by atoms with van der Waals surface area (Å²) in [5.41, 5.74) is 1.05. The van der Waals surface area contributed by atoms with Gasteiger partial charge in [-0.25, -0.2) is 9.97 Å². The number of aryl methyl sites for hydroxylation is 2. The van der Waals surface area contributed by atoms with Crippen molar-refractivity contribution in [3.05, 3.63) is 27.6 Å². The van der Waals surface area contributed by atoms with Crippen LogP contribution in [0.2, 0.25) is 0 Å². The van der Waals surface area contributed by atoms with Gasteiger partial charge in [0.15, 0.2) is 0 Å². The standard InChI is InChI=1S/C17H26N6S/c1-11(2)16-18-12(3)10-15(19-16)23-8-6-22(7-9-23)13(4)17-21-20-14(5)24-17/h10-11,13H,6-9H2,1-5H3. The summed E-state index contributed by atoms with van der Waals surface area (Å²) in [5, 5.41) is 10.6. The molecule has 0 aliphatic carbocycles. The van der Waals surface area contributed by atoms with Crippen LogP contribution in [0.1, 0.15) is 54.3 Å². The summed E-state index contributed by atoms with van der Waals surface area (Å²) in [4.78, 5) is 14.2. The van der Waals surface area contributed by atoms with Crippen LogP contribution in [0.4, 0.5) is 5.82 Å². The fourth-order valence-corrected chi connectivity index (χ4v) is 3.76. The molecule has 1 atom stereocenters. The Morgan fingerprint density at radius 2 is 1.71 bits per heavy atom. The summed E-state index contributed by atoms with van der Waals surface area (Å²) in [7, 11) is 0. The summed E-state index contributed by atoms with van der Waals surface area (Å²) in [6.45, 7) is 14.6. The molecule has 0 amide bonds. The maximum atomic E-state index is 4.76. The Hall–Kier alpha value is -1.60. The normalized spacial score (nSPS) is 17.5. The first-order chi connectivity index (χ1) is 11.4. The molecule has 130 valence electrons. The Morgan fingerprint density at radius 3 is 2.29 bits per heavy atom. The Balaban J connectivity index is 1.67. The maximum absolute atomic E-state index is 4.76. The number of hydrogen-bond donors (Lipinski definition) is 0. The monoisotopic (exact) mass is 346 g/mol. The number of nitrogens with zero attached hydrogens (tertiary/aromatic N) is 6. The van der Waals surface area contributed by atoms with Gasteiger partial charge >= 0.3 is 0 Å².